The second-order valence-corrected chi connectivity index (χ2v) is 9.48. The van der Waals surface area contributed by atoms with Gasteiger partial charge in [0.1, 0.15) is 11.5 Å². The molecule has 0 spiro atoms. The molecule has 1 amide bonds. The zero-order valence-corrected chi connectivity index (χ0v) is 23.5. The fraction of sp³-hybridized carbons (Fsp3) is 0.121. The molecule has 9 heteroatoms. The molecule has 1 heterocycles. The van der Waals surface area contributed by atoms with Gasteiger partial charge in [0.2, 0.25) is 5.88 Å². The van der Waals surface area contributed by atoms with Crippen LogP contribution in [-0.4, -0.2) is 35.9 Å². The lowest BCUT2D eigenvalue weighted by Crippen LogP contribution is -2.11. The number of anilines is 1. The zero-order chi connectivity index (χ0) is 29.8. The number of hydrogen-bond donors (Lipinski definition) is 1. The van der Waals surface area contributed by atoms with E-state index in [2.05, 4.69) is 5.32 Å². The number of nitrogens with one attached hydrogen (secondary N) is 1. The number of aromatic nitrogens is 2. The first kappa shape index (κ1) is 28.1. The number of hydrogen-bond acceptors (Lipinski definition) is 6. The number of rotatable bonds is 8. The van der Waals surface area contributed by atoms with Crippen LogP contribution >= 0.6 is 0 Å². The lowest BCUT2D eigenvalue weighted by molar-refractivity contribution is -0.132. The van der Waals surface area contributed by atoms with Crippen molar-refractivity contribution in [2.75, 3.05) is 19.5 Å². The topological polar surface area (TPSA) is 91.7 Å². The lowest BCUT2D eigenvalue weighted by Gasteiger charge is -2.11. The highest BCUT2D eigenvalue weighted by Crippen LogP contribution is 2.43. The second-order valence-electron chi connectivity index (χ2n) is 9.48. The quantitative estimate of drug-likeness (QED) is 0.207. The smallest absolute Gasteiger partial charge is 0.309 e. The zero-order valence-electron chi connectivity index (χ0n) is 23.5. The van der Waals surface area contributed by atoms with Crippen LogP contribution in [0.4, 0.5) is 10.1 Å². The van der Waals surface area contributed by atoms with Gasteiger partial charge in [0, 0.05) is 23.7 Å². The summed E-state index contributed by atoms with van der Waals surface area (Å²) >= 11 is 0. The molecule has 0 bridgehead atoms. The van der Waals surface area contributed by atoms with E-state index in [1.165, 1.54) is 30.8 Å². The number of carbonyl (C=O) groups is 2. The van der Waals surface area contributed by atoms with Gasteiger partial charge in [-0.05, 0) is 73.2 Å². The molecular weight excluding hydrogens is 537 g/mol. The number of methoxy groups -OCH3 is 2. The highest BCUT2D eigenvalue weighted by molar-refractivity contribution is 6.04. The number of esters is 1. The van der Waals surface area contributed by atoms with Crippen LogP contribution in [0.25, 0.3) is 28.1 Å². The van der Waals surface area contributed by atoms with Gasteiger partial charge >= 0.3 is 5.97 Å². The summed E-state index contributed by atoms with van der Waals surface area (Å²) in [7, 11) is 3.07. The molecule has 0 aliphatic carbocycles. The Bertz CT molecular complexity index is 1780. The molecule has 0 unspecified atom stereocenters. The van der Waals surface area contributed by atoms with E-state index in [0.29, 0.717) is 50.8 Å². The molecule has 0 aliphatic heterocycles. The Morgan fingerprint density at radius 3 is 2.21 bits per heavy atom. The normalized spacial score (nSPS) is 10.7. The minimum absolute atomic E-state index is 0.106. The second kappa shape index (κ2) is 12.0. The van der Waals surface area contributed by atoms with Crippen LogP contribution in [-0.2, 0) is 4.79 Å². The molecule has 1 N–H and O–H groups in total. The van der Waals surface area contributed by atoms with Gasteiger partial charge in [0.15, 0.2) is 11.5 Å². The van der Waals surface area contributed by atoms with Crippen LogP contribution in [0, 0.1) is 12.7 Å². The van der Waals surface area contributed by atoms with Gasteiger partial charge in [-0.2, -0.15) is 9.78 Å². The standard InChI is InChI=1S/C33H28FN3O5/c1-20-7-5-8-24(17-20)32(39)35-26-14-11-22(12-15-26)30-31(23-13-16-28(40-3)29(18-23)41-4)36-37(33(30)42-21(2)38)27-10-6-9-25(34)19-27/h5-19H,1-4H3,(H,35,39). The molecule has 8 nitrogen and oxygen atoms in total. The summed E-state index contributed by atoms with van der Waals surface area (Å²) in [6.45, 7) is 3.21. The molecule has 0 aliphatic rings. The fourth-order valence-electron chi connectivity index (χ4n) is 4.57. The highest BCUT2D eigenvalue weighted by atomic mass is 19.1. The van der Waals surface area contributed by atoms with Crippen molar-refractivity contribution in [3.63, 3.8) is 0 Å². The van der Waals surface area contributed by atoms with Gasteiger partial charge < -0.3 is 19.5 Å². The van der Waals surface area contributed by atoms with Crippen LogP contribution in [0.1, 0.15) is 22.8 Å². The molecule has 0 radical (unpaired) electrons. The summed E-state index contributed by atoms with van der Waals surface area (Å²) in [6.07, 6.45) is 0. The highest BCUT2D eigenvalue weighted by Gasteiger charge is 2.25. The summed E-state index contributed by atoms with van der Waals surface area (Å²) < 4.78 is 32.3. The third-order valence-corrected chi connectivity index (χ3v) is 6.50. The number of nitrogens with zero attached hydrogens (tertiary/aromatic N) is 2. The first-order chi connectivity index (χ1) is 20.3. The molecule has 0 atom stereocenters. The maximum absolute atomic E-state index is 14.3. The monoisotopic (exact) mass is 565 g/mol. The average Bonchev–Trinajstić information content (AvgIpc) is 3.35. The van der Waals surface area contributed by atoms with Crippen molar-refractivity contribution in [1.29, 1.82) is 0 Å². The van der Waals surface area contributed by atoms with Crippen LogP contribution in [0.15, 0.2) is 91.0 Å². The Kier molecular flexibility index (Phi) is 8.01. The summed E-state index contributed by atoms with van der Waals surface area (Å²) in [4.78, 5) is 25.1. The van der Waals surface area contributed by atoms with Gasteiger partial charge in [-0.15, -0.1) is 0 Å². The molecule has 42 heavy (non-hydrogen) atoms. The molecule has 0 fully saturated rings. The minimum atomic E-state index is -0.574. The fourth-order valence-corrected chi connectivity index (χ4v) is 4.57. The Labute approximate surface area is 242 Å². The summed E-state index contributed by atoms with van der Waals surface area (Å²) in [6, 6.07) is 25.5. The first-order valence-electron chi connectivity index (χ1n) is 13.1. The minimum Gasteiger partial charge on any atom is -0.493 e. The van der Waals surface area contributed by atoms with Crippen LogP contribution in [0.2, 0.25) is 0 Å². The van der Waals surface area contributed by atoms with Crippen molar-refractivity contribution in [3.8, 4) is 45.5 Å². The predicted molar refractivity (Wildman–Crippen MR) is 158 cm³/mol. The maximum Gasteiger partial charge on any atom is 0.309 e. The average molecular weight is 566 g/mol. The third kappa shape index (κ3) is 5.85. The lowest BCUT2D eigenvalue weighted by atomic mass is 10.0. The Hall–Kier alpha value is -5.44. The van der Waals surface area contributed by atoms with Crippen molar-refractivity contribution >= 4 is 17.6 Å². The van der Waals surface area contributed by atoms with E-state index < -0.39 is 11.8 Å². The van der Waals surface area contributed by atoms with E-state index in [9.17, 15) is 14.0 Å². The summed E-state index contributed by atoms with van der Waals surface area (Å²) in [5.74, 6) is -0.174. The van der Waals surface area contributed by atoms with Crippen molar-refractivity contribution in [2.45, 2.75) is 13.8 Å². The van der Waals surface area contributed by atoms with E-state index in [1.807, 2.05) is 25.1 Å². The molecule has 0 saturated heterocycles. The molecule has 5 rings (SSSR count). The molecule has 0 saturated carbocycles. The van der Waals surface area contributed by atoms with E-state index in [4.69, 9.17) is 19.3 Å². The number of amides is 1. The van der Waals surface area contributed by atoms with Crippen molar-refractivity contribution < 1.29 is 28.2 Å². The largest absolute Gasteiger partial charge is 0.493 e. The molecule has 5 aromatic rings. The Balaban J connectivity index is 1.64. The van der Waals surface area contributed by atoms with E-state index >= 15 is 0 Å². The summed E-state index contributed by atoms with van der Waals surface area (Å²) in [5.41, 5.74) is 4.68. The molecule has 212 valence electrons. The maximum atomic E-state index is 14.3. The Morgan fingerprint density at radius 1 is 0.833 bits per heavy atom. The van der Waals surface area contributed by atoms with E-state index in [-0.39, 0.29) is 11.8 Å². The number of aryl methyl sites for hydroxylation is 1. The molecule has 1 aromatic heterocycles. The van der Waals surface area contributed by atoms with Gasteiger partial charge in [-0.1, -0.05) is 35.9 Å². The van der Waals surface area contributed by atoms with Gasteiger partial charge in [-0.25, -0.2) is 4.39 Å². The van der Waals surface area contributed by atoms with E-state index in [0.717, 1.165) is 5.56 Å². The number of ether oxygens (including phenoxy) is 3. The summed E-state index contributed by atoms with van der Waals surface area (Å²) in [5, 5.41) is 7.68. The molecule has 4 aromatic carbocycles. The van der Waals surface area contributed by atoms with E-state index in [1.54, 1.807) is 67.8 Å². The number of halogens is 1. The van der Waals surface area contributed by atoms with Crippen LogP contribution in [0.5, 0.6) is 17.4 Å². The molecular formula is C33H28FN3O5. The predicted octanol–water partition coefficient (Wildman–Crippen LogP) is 6.85. The SMILES string of the molecule is COc1ccc(-c2nn(-c3cccc(F)c3)c(OC(C)=O)c2-c2ccc(NC(=O)c3cccc(C)c3)cc2)cc1OC. The van der Waals surface area contributed by atoms with Crippen LogP contribution < -0.4 is 19.5 Å². The van der Waals surface area contributed by atoms with Crippen molar-refractivity contribution in [1.82, 2.24) is 9.78 Å². The van der Waals surface area contributed by atoms with Crippen molar-refractivity contribution in [3.05, 3.63) is 108 Å². The Morgan fingerprint density at radius 2 is 1.55 bits per heavy atom. The van der Waals surface area contributed by atoms with Gasteiger partial charge in [0.25, 0.3) is 5.91 Å². The number of carbonyl (C=O) groups excluding carboxylic acids is 2. The number of benzene rings is 4. The van der Waals surface area contributed by atoms with Gasteiger partial charge in [-0.3, -0.25) is 9.59 Å². The van der Waals surface area contributed by atoms with Gasteiger partial charge in [0.05, 0.1) is 25.5 Å². The third-order valence-electron chi connectivity index (χ3n) is 6.50. The first-order valence-corrected chi connectivity index (χ1v) is 13.1. The van der Waals surface area contributed by atoms with Crippen molar-refractivity contribution in [2.24, 2.45) is 0 Å². The van der Waals surface area contributed by atoms with Crippen LogP contribution in [0.3, 0.4) is 0 Å².